The summed E-state index contributed by atoms with van der Waals surface area (Å²) in [7, 11) is 1.55. The van der Waals surface area contributed by atoms with Crippen LogP contribution >= 0.6 is 0 Å². The maximum absolute atomic E-state index is 14.4. The Morgan fingerprint density at radius 2 is 1.83 bits per heavy atom. The highest BCUT2D eigenvalue weighted by Crippen LogP contribution is 2.27. The molecule has 6 nitrogen and oxygen atoms in total. The van der Waals surface area contributed by atoms with Gasteiger partial charge in [0.25, 0.3) is 0 Å². The molecule has 0 aliphatic rings. The van der Waals surface area contributed by atoms with Crippen LogP contribution in [0.5, 0.6) is 11.5 Å². The number of hydrogen-bond donors (Lipinski definition) is 1. The topological polar surface area (TPSA) is 80.3 Å². The molecule has 3 rings (SSSR count). The molecule has 8 heteroatoms. The minimum absolute atomic E-state index is 0.0624. The maximum Gasteiger partial charge on any atom is 0.191 e. The molecule has 30 heavy (non-hydrogen) atoms. The monoisotopic (exact) mass is 413 g/mol. The number of nitriles is 1. The van der Waals surface area contributed by atoms with Crippen LogP contribution in [0.3, 0.4) is 0 Å². The van der Waals surface area contributed by atoms with Crippen molar-refractivity contribution in [2.24, 2.45) is 0 Å². The fraction of sp³-hybridized carbons (Fsp3) is 0.273. The fourth-order valence-electron chi connectivity index (χ4n) is 3.11. The molecule has 0 radical (unpaired) electrons. The molecule has 0 unspecified atom stereocenters. The van der Waals surface area contributed by atoms with Gasteiger partial charge in [0.1, 0.15) is 24.0 Å². The van der Waals surface area contributed by atoms with Gasteiger partial charge in [-0.2, -0.15) is 10.4 Å². The second-order valence-corrected chi connectivity index (χ2v) is 6.63. The molecule has 2 aromatic carbocycles. The lowest BCUT2D eigenvalue weighted by atomic mass is 10.1. The van der Waals surface area contributed by atoms with Gasteiger partial charge >= 0.3 is 0 Å². The first-order chi connectivity index (χ1) is 14.5. The number of methoxy groups -OCH3 is 1. The lowest BCUT2D eigenvalue weighted by molar-refractivity contribution is 0.266. The van der Waals surface area contributed by atoms with Gasteiger partial charge in [0.2, 0.25) is 0 Å². The van der Waals surface area contributed by atoms with Gasteiger partial charge in [-0.1, -0.05) is 0 Å². The van der Waals surface area contributed by atoms with Gasteiger partial charge in [0.15, 0.2) is 17.4 Å². The zero-order valence-corrected chi connectivity index (χ0v) is 16.7. The van der Waals surface area contributed by atoms with E-state index in [0.717, 1.165) is 0 Å². The number of aryl methyl sites for hydroxylation is 2. The third-order valence-electron chi connectivity index (χ3n) is 4.62. The molecular formula is C22H21F2N3O3. The molecule has 0 saturated carbocycles. The van der Waals surface area contributed by atoms with Crippen LogP contribution in [0.4, 0.5) is 8.78 Å². The summed E-state index contributed by atoms with van der Waals surface area (Å²) in [5, 5.41) is 22.8. The Morgan fingerprint density at radius 3 is 2.40 bits per heavy atom. The summed E-state index contributed by atoms with van der Waals surface area (Å²) in [5.41, 5.74) is 2.23. The average Bonchev–Trinajstić information content (AvgIpc) is 3.06. The van der Waals surface area contributed by atoms with E-state index in [1.807, 2.05) is 0 Å². The van der Waals surface area contributed by atoms with Crippen LogP contribution in [0.15, 0.2) is 36.4 Å². The normalized spacial score (nSPS) is 10.7. The number of hydrogen-bond acceptors (Lipinski definition) is 5. The first-order valence-electron chi connectivity index (χ1n) is 9.33. The van der Waals surface area contributed by atoms with E-state index in [1.54, 1.807) is 38.3 Å². The molecule has 1 heterocycles. The van der Waals surface area contributed by atoms with Gasteiger partial charge in [-0.25, -0.2) is 13.5 Å². The lowest BCUT2D eigenvalue weighted by Crippen LogP contribution is -2.09. The van der Waals surface area contributed by atoms with E-state index in [0.29, 0.717) is 41.2 Å². The molecule has 0 amide bonds. The van der Waals surface area contributed by atoms with E-state index in [9.17, 15) is 14.0 Å². The zero-order chi connectivity index (χ0) is 21.7. The Hall–Kier alpha value is -3.44. The third kappa shape index (κ3) is 4.42. The smallest absolute Gasteiger partial charge is 0.191 e. The summed E-state index contributed by atoms with van der Waals surface area (Å²) in [6.07, 6.45) is 0.761. The predicted octanol–water partition coefficient (Wildman–Crippen LogP) is 3.84. The Balaban J connectivity index is 1.91. The number of aromatic nitrogens is 2. The SMILES string of the molecule is COc1ccc(-n2nc(C)c(C#N)c2COc2c(F)cc(CCCO)cc2F)cc1. The number of benzene rings is 2. The van der Waals surface area contributed by atoms with E-state index in [2.05, 4.69) is 11.2 Å². The third-order valence-corrected chi connectivity index (χ3v) is 4.62. The molecule has 0 saturated heterocycles. The van der Waals surface area contributed by atoms with Crippen LogP contribution < -0.4 is 9.47 Å². The number of nitrogens with zero attached hydrogens (tertiary/aromatic N) is 3. The van der Waals surface area contributed by atoms with Crippen molar-refractivity contribution in [1.29, 1.82) is 5.26 Å². The second-order valence-electron chi connectivity index (χ2n) is 6.63. The highest BCUT2D eigenvalue weighted by Gasteiger charge is 2.19. The molecule has 0 bridgehead atoms. The van der Waals surface area contributed by atoms with Crippen LogP contribution in [0.25, 0.3) is 5.69 Å². The molecule has 1 aromatic heterocycles. The molecule has 0 spiro atoms. The number of halogens is 2. The summed E-state index contributed by atoms with van der Waals surface area (Å²) in [5.74, 6) is -1.54. The Kier molecular flexibility index (Phi) is 6.65. The lowest BCUT2D eigenvalue weighted by Gasteiger charge is -2.12. The molecular weight excluding hydrogens is 392 g/mol. The summed E-state index contributed by atoms with van der Waals surface area (Å²) >= 11 is 0. The Bertz CT molecular complexity index is 1050. The van der Waals surface area contributed by atoms with Crippen molar-refractivity contribution in [2.45, 2.75) is 26.4 Å². The number of ether oxygens (including phenoxy) is 2. The molecule has 3 aromatic rings. The summed E-state index contributed by atoms with van der Waals surface area (Å²) in [6, 6.07) is 11.4. The summed E-state index contributed by atoms with van der Waals surface area (Å²) in [6.45, 7) is 1.37. The van der Waals surface area contributed by atoms with Crippen molar-refractivity contribution in [2.75, 3.05) is 13.7 Å². The number of aliphatic hydroxyl groups excluding tert-OH is 1. The van der Waals surface area contributed by atoms with Crippen molar-refractivity contribution in [1.82, 2.24) is 9.78 Å². The summed E-state index contributed by atoms with van der Waals surface area (Å²) < 4.78 is 40.9. The van der Waals surface area contributed by atoms with Crippen molar-refractivity contribution in [3.05, 3.63) is 70.5 Å². The fourth-order valence-corrected chi connectivity index (χ4v) is 3.11. The molecule has 0 aliphatic carbocycles. The van der Waals surface area contributed by atoms with Crippen LogP contribution in [-0.4, -0.2) is 28.6 Å². The average molecular weight is 413 g/mol. The van der Waals surface area contributed by atoms with Gasteiger partial charge in [-0.15, -0.1) is 0 Å². The molecule has 0 atom stereocenters. The maximum atomic E-state index is 14.4. The number of aliphatic hydroxyl groups is 1. The van der Waals surface area contributed by atoms with E-state index >= 15 is 0 Å². The van der Waals surface area contributed by atoms with E-state index in [1.165, 1.54) is 16.8 Å². The molecule has 0 aliphatic heterocycles. The van der Waals surface area contributed by atoms with Crippen LogP contribution in [0.2, 0.25) is 0 Å². The van der Waals surface area contributed by atoms with Gasteiger partial charge in [-0.05, 0) is 61.7 Å². The quantitative estimate of drug-likeness (QED) is 0.607. The molecule has 156 valence electrons. The van der Waals surface area contributed by atoms with E-state index in [4.69, 9.17) is 14.6 Å². The van der Waals surface area contributed by atoms with Crippen molar-refractivity contribution < 1.29 is 23.4 Å². The van der Waals surface area contributed by atoms with Gasteiger partial charge < -0.3 is 14.6 Å². The molecule has 1 N–H and O–H groups in total. The van der Waals surface area contributed by atoms with Gasteiger partial charge in [0, 0.05) is 6.61 Å². The van der Waals surface area contributed by atoms with E-state index in [-0.39, 0.29) is 18.8 Å². The Morgan fingerprint density at radius 1 is 1.17 bits per heavy atom. The van der Waals surface area contributed by atoms with Gasteiger partial charge in [-0.3, -0.25) is 0 Å². The highest BCUT2D eigenvalue weighted by atomic mass is 19.1. The van der Waals surface area contributed by atoms with Crippen LogP contribution in [0.1, 0.15) is 28.9 Å². The van der Waals surface area contributed by atoms with Crippen LogP contribution in [-0.2, 0) is 13.0 Å². The Labute approximate surface area is 172 Å². The van der Waals surface area contributed by atoms with Crippen molar-refractivity contribution >= 4 is 0 Å². The first-order valence-corrected chi connectivity index (χ1v) is 9.33. The first kappa shape index (κ1) is 21.3. The second kappa shape index (κ2) is 9.37. The van der Waals surface area contributed by atoms with E-state index < -0.39 is 17.4 Å². The molecule has 0 fully saturated rings. The number of rotatable bonds is 8. The largest absolute Gasteiger partial charge is 0.497 e. The van der Waals surface area contributed by atoms with Crippen LogP contribution in [0, 0.1) is 29.9 Å². The summed E-state index contributed by atoms with van der Waals surface area (Å²) in [4.78, 5) is 0. The highest BCUT2D eigenvalue weighted by molar-refractivity contribution is 5.45. The van der Waals surface area contributed by atoms with Crippen molar-refractivity contribution in [3.8, 4) is 23.3 Å². The van der Waals surface area contributed by atoms with Crippen molar-refractivity contribution in [3.63, 3.8) is 0 Å². The van der Waals surface area contributed by atoms with Gasteiger partial charge in [0.05, 0.1) is 24.2 Å². The zero-order valence-electron chi connectivity index (χ0n) is 16.7. The minimum Gasteiger partial charge on any atom is -0.497 e. The predicted molar refractivity (Wildman–Crippen MR) is 106 cm³/mol. The standard InChI is InChI=1S/C22H21F2N3O3/c1-14-18(12-25)21(27(26-14)16-5-7-17(29-2)8-6-16)13-30-22-19(23)10-15(4-3-9-28)11-20(22)24/h5-8,10-11,28H,3-4,9,13H2,1-2H3. The minimum atomic E-state index is -0.839.